The lowest BCUT2D eigenvalue weighted by Crippen LogP contribution is -2.31. The molecule has 2 aromatic heterocycles. The summed E-state index contributed by atoms with van der Waals surface area (Å²) < 4.78 is 14.0. The zero-order valence-electron chi connectivity index (χ0n) is 15.3. The van der Waals surface area contributed by atoms with Crippen LogP contribution in [0.4, 0.5) is 4.39 Å². The van der Waals surface area contributed by atoms with Gasteiger partial charge >= 0.3 is 0 Å². The maximum Gasteiger partial charge on any atom is 0.270 e. The number of carbonyl (C=O) groups excluding carboxylic acids is 1. The Bertz CT molecular complexity index is 666. The van der Waals surface area contributed by atoms with Gasteiger partial charge in [-0.15, -0.1) is 0 Å². The van der Waals surface area contributed by atoms with E-state index in [4.69, 9.17) is 0 Å². The summed E-state index contributed by atoms with van der Waals surface area (Å²) in [4.78, 5) is 20.1. The van der Waals surface area contributed by atoms with Crippen LogP contribution in [0.1, 0.15) is 67.6 Å². The lowest BCUT2D eigenvalue weighted by Gasteiger charge is -2.19. The molecular formula is C18H28FN5O. The molecule has 0 aliphatic carbocycles. The van der Waals surface area contributed by atoms with Gasteiger partial charge in [0.1, 0.15) is 18.2 Å². The number of H-pyrrole nitrogens is 1. The predicted molar refractivity (Wildman–Crippen MR) is 95.0 cm³/mol. The summed E-state index contributed by atoms with van der Waals surface area (Å²) in [7, 11) is 0. The number of carbonyl (C=O) groups is 1. The molecule has 0 radical (unpaired) electrons. The molecule has 2 heterocycles. The van der Waals surface area contributed by atoms with Crippen molar-refractivity contribution in [2.24, 2.45) is 5.92 Å². The molecule has 2 unspecified atom stereocenters. The third-order valence-electron chi connectivity index (χ3n) is 4.54. The Morgan fingerprint density at radius 3 is 2.88 bits per heavy atom. The zero-order chi connectivity index (χ0) is 18.2. The van der Waals surface area contributed by atoms with Crippen molar-refractivity contribution in [1.29, 1.82) is 0 Å². The molecule has 2 N–H and O–H groups in total. The minimum atomic E-state index is -0.556. The molecule has 0 saturated heterocycles. The van der Waals surface area contributed by atoms with Crippen LogP contribution in [0.5, 0.6) is 0 Å². The normalized spacial score (nSPS) is 13.6. The van der Waals surface area contributed by atoms with Crippen LogP contribution >= 0.6 is 0 Å². The second-order valence-corrected chi connectivity index (χ2v) is 6.52. The lowest BCUT2D eigenvalue weighted by atomic mass is 9.98. The van der Waals surface area contributed by atoms with Crippen LogP contribution < -0.4 is 5.32 Å². The number of rotatable bonds is 10. The molecule has 0 fully saturated rings. The summed E-state index contributed by atoms with van der Waals surface area (Å²) in [6.45, 7) is 5.84. The van der Waals surface area contributed by atoms with Gasteiger partial charge in [-0.3, -0.25) is 9.48 Å². The van der Waals surface area contributed by atoms with E-state index < -0.39 is 6.67 Å². The van der Waals surface area contributed by atoms with Crippen molar-refractivity contribution in [1.82, 2.24) is 25.1 Å². The van der Waals surface area contributed by atoms with Crippen LogP contribution in [0, 0.1) is 12.8 Å². The van der Waals surface area contributed by atoms with Crippen LogP contribution in [-0.4, -0.2) is 32.3 Å². The van der Waals surface area contributed by atoms with E-state index in [1.165, 1.54) is 10.9 Å². The Kier molecular flexibility index (Phi) is 7.16. The van der Waals surface area contributed by atoms with E-state index in [1.807, 2.05) is 6.92 Å². The smallest absolute Gasteiger partial charge is 0.270 e. The van der Waals surface area contributed by atoms with E-state index >= 15 is 0 Å². The standard InChI is InChI=1S/C18H28FN5O/c1-4-13(2)6-5-7-15(16-12-20-14(3)22-16)23-18(25)17-8-10-21-24(17)11-9-19/h8,10,12-13,15H,4-7,9,11H2,1-3H3,(H,20,22)(H,23,25). The monoisotopic (exact) mass is 349 g/mol. The van der Waals surface area contributed by atoms with Crippen molar-refractivity contribution in [2.45, 2.75) is 59.0 Å². The van der Waals surface area contributed by atoms with Crippen molar-refractivity contribution in [3.8, 4) is 0 Å². The van der Waals surface area contributed by atoms with Crippen LogP contribution in [-0.2, 0) is 6.54 Å². The number of halogens is 1. The SMILES string of the molecule is CCC(C)CCCC(NC(=O)c1ccnn1CCF)c1cnc(C)[nH]1. The fourth-order valence-electron chi connectivity index (χ4n) is 2.81. The topological polar surface area (TPSA) is 75.6 Å². The molecule has 138 valence electrons. The minimum absolute atomic E-state index is 0.0810. The van der Waals surface area contributed by atoms with Gasteiger partial charge in [0.15, 0.2) is 0 Å². The van der Waals surface area contributed by atoms with Gasteiger partial charge in [-0.2, -0.15) is 5.10 Å². The number of alkyl halides is 1. The van der Waals surface area contributed by atoms with Gasteiger partial charge < -0.3 is 10.3 Å². The summed E-state index contributed by atoms with van der Waals surface area (Å²) in [5.41, 5.74) is 1.27. The van der Waals surface area contributed by atoms with Crippen molar-refractivity contribution >= 4 is 5.91 Å². The van der Waals surface area contributed by atoms with Gasteiger partial charge in [0.05, 0.1) is 24.5 Å². The van der Waals surface area contributed by atoms with Gasteiger partial charge in [0, 0.05) is 6.20 Å². The molecule has 6 nitrogen and oxygen atoms in total. The first kappa shape index (κ1) is 19.1. The summed E-state index contributed by atoms with van der Waals surface area (Å²) in [6, 6.07) is 1.46. The fraction of sp³-hybridized carbons (Fsp3) is 0.611. The highest BCUT2D eigenvalue weighted by Crippen LogP contribution is 2.21. The van der Waals surface area contributed by atoms with Gasteiger partial charge in [-0.05, 0) is 25.3 Å². The van der Waals surface area contributed by atoms with Gasteiger partial charge in [-0.1, -0.05) is 33.1 Å². The zero-order valence-corrected chi connectivity index (χ0v) is 15.3. The van der Waals surface area contributed by atoms with Crippen LogP contribution in [0.2, 0.25) is 0 Å². The first-order valence-corrected chi connectivity index (χ1v) is 8.95. The quantitative estimate of drug-likeness (QED) is 0.688. The Labute approximate surface area is 148 Å². The third-order valence-corrected chi connectivity index (χ3v) is 4.54. The van der Waals surface area contributed by atoms with Crippen LogP contribution in [0.3, 0.4) is 0 Å². The molecule has 0 aliphatic rings. The number of aromatic nitrogens is 4. The number of nitrogens with one attached hydrogen (secondary N) is 2. The van der Waals surface area contributed by atoms with Gasteiger partial charge in [0.2, 0.25) is 0 Å². The molecule has 0 spiro atoms. The number of hydrogen-bond donors (Lipinski definition) is 2. The van der Waals surface area contributed by atoms with E-state index in [0.29, 0.717) is 11.6 Å². The highest BCUT2D eigenvalue weighted by atomic mass is 19.1. The summed E-state index contributed by atoms with van der Waals surface area (Å²) in [5.74, 6) is 1.25. The lowest BCUT2D eigenvalue weighted by molar-refractivity contribution is 0.0921. The van der Waals surface area contributed by atoms with E-state index in [1.54, 1.807) is 12.3 Å². The van der Waals surface area contributed by atoms with Crippen molar-refractivity contribution in [3.05, 3.63) is 35.7 Å². The molecular weight excluding hydrogens is 321 g/mol. The first-order chi connectivity index (χ1) is 12.0. The molecule has 0 saturated carbocycles. The Hall–Kier alpha value is -2.18. The number of imidazole rings is 1. The number of amides is 1. The molecule has 2 atom stereocenters. The number of nitrogens with zero attached hydrogens (tertiary/aromatic N) is 3. The largest absolute Gasteiger partial charge is 0.344 e. The Balaban J connectivity index is 2.06. The minimum Gasteiger partial charge on any atom is -0.344 e. The van der Waals surface area contributed by atoms with E-state index in [0.717, 1.165) is 37.2 Å². The average molecular weight is 349 g/mol. The van der Waals surface area contributed by atoms with Crippen molar-refractivity contribution in [3.63, 3.8) is 0 Å². The van der Waals surface area contributed by atoms with Crippen molar-refractivity contribution in [2.75, 3.05) is 6.67 Å². The van der Waals surface area contributed by atoms with Gasteiger partial charge in [-0.25, -0.2) is 9.37 Å². The molecule has 0 aromatic carbocycles. The second kappa shape index (κ2) is 9.34. The Morgan fingerprint density at radius 1 is 1.44 bits per heavy atom. The van der Waals surface area contributed by atoms with Crippen LogP contribution in [0.15, 0.2) is 18.5 Å². The molecule has 0 bridgehead atoms. The van der Waals surface area contributed by atoms with Crippen molar-refractivity contribution < 1.29 is 9.18 Å². The molecule has 25 heavy (non-hydrogen) atoms. The maximum absolute atomic E-state index is 12.6. The molecule has 0 aliphatic heterocycles. The maximum atomic E-state index is 12.6. The average Bonchev–Trinajstić information content (AvgIpc) is 3.23. The van der Waals surface area contributed by atoms with E-state index in [-0.39, 0.29) is 18.5 Å². The fourth-order valence-corrected chi connectivity index (χ4v) is 2.81. The highest BCUT2D eigenvalue weighted by Gasteiger charge is 2.20. The van der Waals surface area contributed by atoms with Gasteiger partial charge in [0.25, 0.3) is 5.91 Å². The third kappa shape index (κ3) is 5.41. The Morgan fingerprint density at radius 2 is 2.24 bits per heavy atom. The summed E-state index contributed by atoms with van der Waals surface area (Å²) >= 11 is 0. The van der Waals surface area contributed by atoms with Crippen LogP contribution in [0.25, 0.3) is 0 Å². The first-order valence-electron chi connectivity index (χ1n) is 8.95. The number of hydrogen-bond acceptors (Lipinski definition) is 3. The molecule has 1 amide bonds. The molecule has 2 rings (SSSR count). The highest BCUT2D eigenvalue weighted by molar-refractivity contribution is 5.92. The molecule has 2 aromatic rings. The van der Waals surface area contributed by atoms with E-state index in [2.05, 4.69) is 34.2 Å². The second-order valence-electron chi connectivity index (χ2n) is 6.52. The number of aromatic amines is 1. The summed E-state index contributed by atoms with van der Waals surface area (Å²) in [5, 5.41) is 7.05. The van der Waals surface area contributed by atoms with E-state index in [9.17, 15) is 9.18 Å². The molecule has 7 heteroatoms. The summed E-state index contributed by atoms with van der Waals surface area (Å²) in [6.07, 6.45) is 7.40. The predicted octanol–water partition coefficient (Wildman–Crippen LogP) is 3.57. The number of aryl methyl sites for hydroxylation is 2.